The van der Waals surface area contributed by atoms with E-state index in [4.69, 9.17) is 46.6 Å². The first-order valence-corrected chi connectivity index (χ1v) is 16.0. The third-order valence-corrected chi connectivity index (χ3v) is 9.33. The van der Waals surface area contributed by atoms with Crippen molar-refractivity contribution >= 4 is 56.7 Å². The van der Waals surface area contributed by atoms with Gasteiger partial charge in [0.2, 0.25) is 7.57 Å². The highest BCUT2D eigenvalue weighted by Crippen LogP contribution is 2.54. The van der Waals surface area contributed by atoms with E-state index in [1.165, 1.54) is 34.1 Å². The van der Waals surface area contributed by atoms with E-state index in [-0.39, 0.29) is 33.8 Å². The number of rotatable bonds is 2. The standard InChI is InChI=1S/C21H22BF2N9O9P2/c22-43(34)37-3-9-11(23)16(21(39-9)33-6-30-13-8(25)1-2-27-18(13)33)42-44(35,36)38-4-10-15(41-43)12(24)20(40-10)32-7-31-14-17(26)28-5-29-19(14)32/h1-2,5-7,9-12,15-16,20-21H,3-4H2,(H2,25,27)(H,35,36)(H2,26,28,29)/t9-,10-,11-,12-,15-,16-,20-,21-,43?/m1/s1. The lowest BCUT2D eigenvalue weighted by molar-refractivity contribution is -0.0630. The van der Waals surface area contributed by atoms with Gasteiger partial charge in [-0.1, -0.05) is 0 Å². The van der Waals surface area contributed by atoms with Crippen LogP contribution in [-0.2, 0) is 36.7 Å². The summed E-state index contributed by atoms with van der Waals surface area (Å²) in [4.78, 5) is 30.9. The Balaban J connectivity index is 1.20. The molecule has 23 heteroatoms. The first-order valence-electron chi connectivity index (χ1n) is 12.9. The highest BCUT2D eigenvalue weighted by molar-refractivity contribution is 7.79. The molecule has 7 heterocycles. The maximum Gasteiger partial charge on any atom is 0.472 e. The van der Waals surface area contributed by atoms with Crippen LogP contribution in [0.15, 0.2) is 31.2 Å². The Morgan fingerprint density at radius 1 is 0.864 bits per heavy atom. The molecule has 0 saturated carbocycles. The van der Waals surface area contributed by atoms with E-state index in [0.717, 1.165) is 6.33 Å². The molecule has 7 rings (SSSR count). The lowest BCUT2D eigenvalue weighted by Gasteiger charge is -2.26. The van der Waals surface area contributed by atoms with Crippen LogP contribution in [0, 0.1) is 0 Å². The number of nitrogens with zero attached hydrogens (tertiary/aromatic N) is 7. The zero-order chi connectivity index (χ0) is 31.0. The van der Waals surface area contributed by atoms with Gasteiger partial charge in [-0.25, -0.2) is 38.3 Å². The summed E-state index contributed by atoms with van der Waals surface area (Å²) in [5.74, 6) is 0.0202. The Morgan fingerprint density at radius 2 is 1.55 bits per heavy atom. The third-order valence-electron chi connectivity index (χ3n) is 7.30. The van der Waals surface area contributed by atoms with Gasteiger partial charge >= 0.3 is 7.82 Å². The van der Waals surface area contributed by atoms with E-state index in [2.05, 4.69) is 24.9 Å². The topological polar surface area (TPSA) is 236 Å². The Kier molecular flexibility index (Phi) is 7.23. The first kappa shape index (κ1) is 29.6. The number of pyridine rings is 1. The summed E-state index contributed by atoms with van der Waals surface area (Å²) in [6.07, 6.45) is -8.96. The molecule has 4 aromatic heterocycles. The average Bonchev–Trinajstić information content (AvgIpc) is 3.73. The van der Waals surface area contributed by atoms with E-state index >= 15 is 8.78 Å². The van der Waals surface area contributed by atoms with E-state index in [9.17, 15) is 14.0 Å². The van der Waals surface area contributed by atoms with Crippen molar-refractivity contribution in [1.29, 1.82) is 0 Å². The maximum atomic E-state index is 15.9. The van der Waals surface area contributed by atoms with Crippen LogP contribution in [0.5, 0.6) is 0 Å². The molecule has 3 saturated heterocycles. The number of alkyl halides is 2. The predicted molar refractivity (Wildman–Crippen MR) is 144 cm³/mol. The van der Waals surface area contributed by atoms with Crippen molar-refractivity contribution in [3.8, 4) is 0 Å². The number of anilines is 2. The van der Waals surface area contributed by atoms with Crippen LogP contribution in [0.3, 0.4) is 0 Å². The Hall–Kier alpha value is -3.13. The van der Waals surface area contributed by atoms with Crippen molar-refractivity contribution in [2.45, 2.75) is 49.2 Å². The lowest BCUT2D eigenvalue weighted by Crippen LogP contribution is -2.34. The second-order valence-corrected chi connectivity index (χ2v) is 13.0. The second kappa shape index (κ2) is 10.7. The fourth-order valence-electron chi connectivity index (χ4n) is 5.27. The maximum absolute atomic E-state index is 15.9. The minimum absolute atomic E-state index is 0.0202. The van der Waals surface area contributed by atoms with Crippen LogP contribution < -0.4 is 11.5 Å². The number of nitrogen functional groups attached to an aromatic ring is 2. The fourth-order valence-corrected chi connectivity index (χ4v) is 7.20. The van der Waals surface area contributed by atoms with Crippen molar-refractivity contribution in [1.82, 2.24) is 34.1 Å². The number of ether oxygens (including phenoxy) is 2. The molecular formula is C21H22BF2N9O9P2. The van der Waals surface area contributed by atoms with Crippen LogP contribution in [0.4, 0.5) is 20.3 Å². The molecule has 2 radical (unpaired) electrons. The molecule has 2 bridgehead atoms. The molecule has 0 amide bonds. The number of hydrogen-bond donors (Lipinski definition) is 3. The van der Waals surface area contributed by atoms with Gasteiger partial charge in [0.1, 0.15) is 41.8 Å². The number of nitrogens with two attached hydrogens (primary N) is 2. The molecule has 0 aromatic carbocycles. The second-order valence-electron chi connectivity index (χ2n) is 10.1. The summed E-state index contributed by atoms with van der Waals surface area (Å²) in [5, 5.41) is 0. The highest BCUT2D eigenvalue weighted by Gasteiger charge is 2.54. The zero-order valence-electron chi connectivity index (χ0n) is 22.1. The number of aromatic nitrogens is 7. The molecule has 3 fully saturated rings. The molecule has 3 aliphatic heterocycles. The molecule has 232 valence electrons. The van der Waals surface area contributed by atoms with Gasteiger partial charge < -0.3 is 34.9 Å². The number of fused-ring (bicyclic) bond motifs is 5. The number of halogens is 2. The lowest BCUT2D eigenvalue weighted by atomic mass is 10.1. The van der Waals surface area contributed by atoms with Crippen LogP contribution in [0.25, 0.3) is 22.3 Å². The molecule has 0 spiro atoms. The number of phosphoric acid groups is 1. The normalized spacial score (nSPS) is 38.2. The van der Waals surface area contributed by atoms with Gasteiger partial charge in [-0.2, -0.15) is 0 Å². The van der Waals surface area contributed by atoms with Crippen molar-refractivity contribution in [2.24, 2.45) is 0 Å². The van der Waals surface area contributed by atoms with E-state index in [1.807, 2.05) is 0 Å². The largest absolute Gasteiger partial charge is 0.472 e. The number of hydrogen-bond acceptors (Lipinski definition) is 15. The number of imidazole rings is 2. The third kappa shape index (κ3) is 5.07. The van der Waals surface area contributed by atoms with Crippen molar-refractivity contribution in [3.05, 3.63) is 31.2 Å². The van der Waals surface area contributed by atoms with Crippen LogP contribution in [0.1, 0.15) is 12.5 Å². The summed E-state index contributed by atoms with van der Waals surface area (Å²) in [6, 6.07) is 1.49. The van der Waals surface area contributed by atoms with Crippen LogP contribution >= 0.6 is 15.3 Å². The molecular weight excluding hydrogens is 633 g/mol. The van der Waals surface area contributed by atoms with Crippen LogP contribution in [-0.4, -0.2) is 96.5 Å². The molecule has 5 N–H and O–H groups in total. The molecule has 4 aromatic rings. The van der Waals surface area contributed by atoms with Crippen molar-refractivity contribution in [3.63, 3.8) is 0 Å². The molecule has 44 heavy (non-hydrogen) atoms. The van der Waals surface area contributed by atoms with Crippen molar-refractivity contribution < 1.29 is 50.4 Å². The molecule has 0 aliphatic carbocycles. The van der Waals surface area contributed by atoms with Gasteiger partial charge in [-0.15, -0.1) is 0 Å². The summed E-state index contributed by atoms with van der Waals surface area (Å²) in [6.45, 7) is -1.64. The minimum Gasteiger partial charge on any atom is -0.397 e. The molecule has 3 aliphatic rings. The van der Waals surface area contributed by atoms with Crippen molar-refractivity contribution in [2.75, 3.05) is 24.7 Å². The van der Waals surface area contributed by atoms with Gasteiger partial charge in [0.25, 0.3) is 7.47 Å². The summed E-state index contributed by atoms with van der Waals surface area (Å²) in [7, 11) is -4.00. The summed E-state index contributed by atoms with van der Waals surface area (Å²) >= 11 is 0. The van der Waals surface area contributed by atoms with Gasteiger partial charge in [0.05, 0.1) is 31.6 Å². The monoisotopic (exact) mass is 655 g/mol. The minimum atomic E-state index is -5.13. The van der Waals surface area contributed by atoms with Gasteiger partial charge in [0, 0.05) is 6.20 Å². The smallest absolute Gasteiger partial charge is 0.397 e. The Labute approximate surface area is 246 Å². The highest BCUT2D eigenvalue weighted by atomic mass is 31.2. The van der Waals surface area contributed by atoms with Crippen LogP contribution in [0.2, 0.25) is 0 Å². The zero-order valence-corrected chi connectivity index (χ0v) is 23.9. The van der Waals surface area contributed by atoms with Gasteiger partial charge in [-0.05, 0) is 6.07 Å². The van der Waals surface area contributed by atoms with E-state index < -0.39 is 77.7 Å². The SMILES string of the molecule is [B]P1(=O)OC[C@H]2O[C@@H](n3cnc4c(N)ccnc43)[C@H](OP(=O)(O)OC[C@H]3O[C@@H](n4cnc5c(N)ncnc54)[C@H](F)[C@@H]3O1)[C@@H]2F. The average molecular weight is 655 g/mol. The first-order chi connectivity index (χ1) is 20.9. The van der Waals surface area contributed by atoms with E-state index in [1.54, 1.807) is 0 Å². The summed E-state index contributed by atoms with van der Waals surface area (Å²) < 4.78 is 92.8. The van der Waals surface area contributed by atoms with Gasteiger partial charge in [0.15, 0.2) is 41.9 Å². The predicted octanol–water partition coefficient (Wildman–Crippen LogP) is 1.10. The molecule has 18 nitrogen and oxygen atoms in total. The van der Waals surface area contributed by atoms with Gasteiger partial charge in [-0.3, -0.25) is 22.7 Å². The molecule has 10 atom stereocenters. The Bertz CT molecular complexity index is 1840. The number of phosphoric ester groups is 1. The summed E-state index contributed by atoms with van der Waals surface area (Å²) in [5.41, 5.74) is 12.7. The Morgan fingerprint density at radius 3 is 2.34 bits per heavy atom. The quantitative estimate of drug-likeness (QED) is 0.202. The fraction of sp³-hybridized carbons (Fsp3) is 0.476. The molecule has 2 unspecified atom stereocenters. The van der Waals surface area contributed by atoms with E-state index in [0.29, 0.717) is 0 Å².